The van der Waals surface area contributed by atoms with Crippen molar-refractivity contribution in [1.82, 2.24) is 9.97 Å². The molecule has 1 unspecified atom stereocenters. The van der Waals surface area contributed by atoms with Crippen LogP contribution in [0.2, 0.25) is 0 Å². The summed E-state index contributed by atoms with van der Waals surface area (Å²) in [5, 5.41) is 17.1. The molecular formula is C26H26F2N4O. The molecule has 1 atom stereocenters. The van der Waals surface area contributed by atoms with Gasteiger partial charge >= 0.3 is 0 Å². The Hall–Kier alpha value is -3.45. The number of nitrogens with zero attached hydrogens (tertiary/aromatic N) is 1. The molecule has 7 heteroatoms. The number of hydrogen-bond acceptors (Lipinski definition) is 4. The van der Waals surface area contributed by atoms with Crippen molar-refractivity contribution in [2.75, 3.05) is 17.2 Å². The van der Waals surface area contributed by atoms with E-state index in [0.29, 0.717) is 42.9 Å². The zero-order valence-electron chi connectivity index (χ0n) is 18.4. The molecule has 1 aliphatic carbocycles. The first-order chi connectivity index (χ1) is 16.0. The number of H-pyrrole nitrogens is 1. The maximum Gasteiger partial charge on any atom is 0.151 e. The third kappa shape index (κ3) is 4.16. The second kappa shape index (κ2) is 8.83. The highest BCUT2D eigenvalue weighted by Gasteiger charge is 2.24. The summed E-state index contributed by atoms with van der Waals surface area (Å²) in [6, 6.07) is 10.6. The molecule has 2 aromatic carbocycles. The SMILES string of the molecule is CCc1ccc2c(CCNc3c(F)cc(Nc4ccnc5c4CCC5O)cc3F)c[nH]c2c1. The average molecular weight is 449 g/mol. The maximum absolute atomic E-state index is 14.8. The normalized spacial score (nSPS) is 15.1. The van der Waals surface area contributed by atoms with Gasteiger partial charge in [0.1, 0.15) is 5.69 Å². The second-order valence-electron chi connectivity index (χ2n) is 8.44. The van der Waals surface area contributed by atoms with E-state index in [2.05, 4.69) is 45.7 Å². The van der Waals surface area contributed by atoms with Crippen molar-refractivity contribution in [3.8, 4) is 0 Å². The van der Waals surface area contributed by atoms with E-state index < -0.39 is 17.7 Å². The Morgan fingerprint density at radius 2 is 1.97 bits per heavy atom. The largest absolute Gasteiger partial charge is 0.387 e. The van der Waals surface area contributed by atoms with Gasteiger partial charge in [-0.3, -0.25) is 4.98 Å². The van der Waals surface area contributed by atoms with Gasteiger partial charge in [-0.15, -0.1) is 0 Å². The highest BCUT2D eigenvalue weighted by molar-refractivity contribution is 5.84. The van der Waals surface area contributed by atoms with Crippen molar-refractivity contribution in [2.45, 2.75) is 38.7 Å². The minimum atomic E-state index is -0.658. The lowest BCUT2D eigenvalue weighted by molar-refractivity contribution is 0.176. The summed E-state index contributed by atoms with van der Waals surface area (Å²) in [6.45, 7) is 2.52. The average Bonchev–Trinajstić information content (AvgIpc) is 3.39. The summed E-state index contributed by atoms with van der Waals surface area (Å²) in [5.74, 6) is -1.32. The summed E-state index contributed by atoms with van der Waals surface area (Å²) in [4.78, 5) is 7.50. The Bertz CT molecular complexity index is 1290. The number of hydrogen-bond donors (Lipinski definition) is 4. The van der Waals surface area contributed by atoms with Crippen molar-refractivity contribution in [3.05, 3.63) is 82.8 Å². The maximum atomic E-state index is 14.8. The molecule has 0 amide bonds. The molecule has 0 saturated heterocycles. The van der Waals surface area contributed by atoms with Gasteiger partial charge in [0.05, 0.1) is 11.8 Å². The van der Waals surface area contributed by atoms with Crippen LogP contribution in [0.3, 0.4) is 0 Å². The molecule has 0 radical (unpaired) electrons. The summed E-state index contributed by atoms with van der Waals surface area (Å²) in [6.07, 6.45) is 5.83. The number of nitrogens with one attached hydrogen (secondary N) is 3. The Morgan fingerprint density at radius 3 is 2.76 bits per heavy atom. The van der Waals surface area contributed by atoms with Gasteiger partial charge in [-0.05, 0) is 66.6 Å². The van der Waals surface area contributed by atoms with Gasteiger partial charge in [0.15, 0.2) is 11.6 Å². The van der Waals surface area contributed by atoms with Gasteiger partial charge in [-0.25, -0.2) is 8.78 Å². The van der Waals surface area contributed by atoms with Crippen LogP contribution in [0.4, 0.5) is 25.8 Å². The van der Waals surface area contributed by atoms with Crippen molar-refractivity contribution >= 4 is 28.0 Å². The zero-order chi connectivity index (χ0) is 22.9. The van der Waals surface area contributed by atoms with Gasteiger partial charge in [0.25, 0.3) is 0 Å². The number of aliphatic hydroxyl groups is 1. The fourth-order valence-electron chi connectivity index (χ4n) is 4.55. The highest BCUT2D eigenvalue weighted by atomic mass is 19.1. The van der Waals surface area contributed by atoms with Crippen molar-refractivity contribution < 1.29 is 13.9 Å². The van der Waals surface area contributed by atoms with Crippen LogP contribution in [0.1, 0.15) is 41.8 Å². The molecule has 0 spiro atoms. The zero-order valence-corrected chi connectivity index (χ0v) is 18.4. The van der Waals surface area contributed by atoms with E-state index >= 15 is 0 Å². The molecule has 0 bridgehead atoms. The van der Waals surface area contributed by atoms with Crippen LogP contribution in [0, 0.1) is 11.6 Å². The molecule has 4 aromatic rings. The standard InChI is InChI=1S/C26H26F2N4O/c1-2-15-3-4-18-16(14-31-23(18)11-15)7-9-30-26-20(27)12-17(13-21(26)28)32-22-8-10-29-25-19(22)5-6-24(25)33/h3-4,8,10-14,24,30-31,33H,2,5-7,9H2,1H3,(H,29,32). The Kier molecular flexibility index (Phi) is 5.72. The van der Waals surface area contributed by atoms with Gasteiger partial charge < -0.3 is 20.7 Å². The summed E-state index contributed by atoms with van der Waals surface area (Å²) < 4.78 is 29.5. The molecule has 0 saturated carbocycles. The van der Waals surface area contributed by atoms with Crippen LogP contribution in [-0.2, 0) is 19.3 Å². The molecule has 33 heavy (non-hydrogen) atoms. The van der Waals surface area contributed by atoms with E-state index in [9.17, 15) is 13.9 Å². The number of aromatic nitrogens is 2. The molecule has 2 aromatic heterocycles. The number of rotatable bonds is 7. The first-order valence-electron chi connectivity index (χ1n) is 11.3. The number of halogens is 2. The van der Waals surface area contributed by atoms with Crippen molar-refractivity contribution in [1.29, 1.82) is 0 Å². The summed E-state index contributed by atoms with van der Waals surface area (Å²) in [5.41, 5.74) is 5.85. The molecule has 170 valence electrons. The fraction of sp³-hybridized carbons (Fsp3) is 0.269. The third-order valence-electron chi connectivity index (χ3n) is 6.33. The Labute approximate surface area is 190 Å². The molecular weight excluding hydrogens is 422 g/mol. The minimum absolute atomic E-state index is 0.135. The monoisotopic (exact) mass is 448 g/mol. The quantitative estimate of drug-likeness (QED) is 0.289. The van der Waals surface area contributed by atoms with Gasteiger partial charge in [0.2, 0.25) is 0 Å². The van der Waals surface area contributed by atoms with Crippen LogP contribution in [0.25, 0.3) is 10.9 Å². The molecule has 0 fully saturated rings. The minimum Gasteiger partial charge on any atom is -0.387 e. The van der Waals surface area contributed by atoms with E-state index in [1.807, 2.05) is 6.20 Å². The van der Waals surface area contributed by atoms with Crippen molar-refractivity contribution in [3.63, 3.8) is 0 Å². The van der Waals surface area contributed by atoms with Crippen LogP contribution in [0.15, 0.2) is 48.8 Å². The molecule has 2 heterocycles. The first kappa shape index (κ1) is 21.4. The topological polar surface area (TPSA) is 73.0 Å². The molecule has 0 aliphatic heterocycles. The highest BCUT2D eigenvalue weighted by Crippen LogP contribution is 2.35. The number of aryl methyl sites for hydroxylation is 1. The van der Waals surface area contributed by atoms with Crippen LogP contribution >= 0.6 is 0 Å². The van der Waals surface area contributed by atoms with E-state index in [1.54, 1.807) is 12.3 Å². The van der Waals surface area contributed by atoms with Crippen LogP contribution in [0.5, 0.6) is 0 Å². The number of benzene rings is 2. The third-order valence-corrected chi connectivity index (χ3v) is 6.33. The van der Waals surface area contributed by atoms with Crippen molar-refractivity contribution in [2.24, 2.45) is 0 Å². The predicted molar refractivity (Wildman–Crippen MR) is 127 cm³/mol. The second-order valence-corrected chi connectivity index (χ2v) is 8.44. The van der Waals surface area contributed by atoms with E-state index in [4.69, 9.17) is 0 Å². The molecule has 4 N–H and O–H groups in total. The fourth-order valence-corrected chi connectivity index (χ4v) is 4.55. The Balaban J connectivity index is 1.28. The van der Waals surface area contributed by atoms with Gasteiger partial charge in [-0.1, -0.05) is 19.1 Å². The van der Waals surface area contributed by atoms with E-state index in [0.717, 1.165) is 28.5 Å². The van der Waals surface area contributed by atoms with Gasteiger partial charge in [0, 0.05) is 41.2 Å². The van der Waals surface area contributed by atoms with Gasteiger partial charge in [-0.2, -0.15) is 0 Å². The first-order valence-corrected chi connectivity index (χ1v) is 11.3. The van der Waals surface area contributed by atoms with E-state index in [-0.39, 0.29) is 5.69 Å². The van der Waals surface area contributed by atoms with Crippen LogP contribution < -0.4 is 10.6 Å². The predicted octanol–water partition coefficient (Wildman–Crippen LogP) is 5.78. The lowest BCUT2D eigenvalue weighted by Crippen LogP contribution is -2.09. The lowest BCUT2D eigenvalue weighted by Gasteiger charge is -2.14. The lowest BCUT2D eigenvalue weighted by atomic mass is 10.1. The number of anilines is 3. The van der Waals surface area contributed by atoms with E-state index in [1.165, 1.54) is 17.7 Å². The number of aliphatic hydroxyl groups excluding tert-OH is 1. The molecule has 1 aliphatic rings. The number of fused-ring (bicyclic) bond motifs is 2. The van der Waals surface area contributed by atoms with Crippen LogP contribution in [-0.4, -0.2) is 21.6 Å². The number of pyridine rings is 1. The molecule has 5 rings (SSSR count). The Morgan fingerprint density at radius 1 is 1.15 bits per heavy atom. The smallest absolute Gasteiger partial charge is 0.151 e. The molecule has 5 nitrogen and oxygen atoms in total. The summed E-state index contributed by atoms with van der Waals surface area (Å²) >= 11 is 0. The summed E-state index contributed by atoms with van der Waals surface area (Å²) in [7, 11) is 0. The number of aromatic amines is 1.